The Morgan fingerprint density at radius 2 is 2.06 bits per heavy atom. The molecule has 1 aliphatic carbocycles. The van der Waals surface area contributed by atoms with Crippen molar-refractivity contribution in [2.24, 2.45) is 0 Å². The third kappa shape index (κ3) is 3.12. The van der Waals surface area contributed by atoms with Gasteiger partial charge in [0.2, 0.25) is 0 Å². The quantitative estimate of drug-likeness (QED) is 0.739. The fourth-order valence-corrected chi connectivity index (χ4v) is 2.35. The van der Waals surface area contributed by atoms with Crippen LogP contribution in [-0.2, 0) is 29.6 Å². The number of aryl methyl sites for hydroxylation is 3. The van der Waals surface area contributed by atoms with Gasteiger partial charge in [-0.25, -0.2) is 4.68 Å². The van der Waals surface area contributed by atoms with Gasteiger partial charge in [0, 0.05) is 6.07 Å². The fraction of sp³-hybridized carbons (Fsp3) is 0.600. The molecular formula is C10H13FN2O3S. The van der Waals surface area contributed by atoms with Crippen LogP contribution in [-0.4, -0.2) is 24.0 Å². The molecular weight excluding hydrogens is 247 g/mol. The van der Waals surface area contributed by atoms with Gasteiger partial charge in [0.1, 0.15) is 0 Å². The Morgan fingerprint density at radius 3 is 2.76 bits per heavy atom. The molecule has 0 N–H and O–H groups in total. The van der Waals surface area contributed by atoms with Crippen molar-refractivity contribution in [1.29, 1.82) is 0 Å². The Morgan fingerprint density at radius 1 is 1.35 bits per heavy atom. The summed E-state index contributed by atoms with van der Waals surface area (Å²) in [6, 6.07) is 1.48. The molecule has 1 aromatic heterocycles. The SMILES string of the molecule is O=c1cc2c(nn1CCS(=O)(=O)F)CCCC2. The van der Waals surface area contributed by atoms with Crippen LogP contribution in [0, 0.1) is 0 Å². The maximum Gasteiger partial charge on any atom is 0.304 e. The lowest BCUT2D eigenvalue weighted by atomic mass is 9.97. The Bertz CT molecular complexity index is 580. The van der Waals surface area contributed by atoms with Crippen molar-refractivity contribution in [3.63, 3.8) is 0 Å². The number of nitrogens with zero attached hydrogens (tertiary/aromatic N) is 2. The standard InChI is InChI=1S/C10H13FN2O3S/c11-17(15,16)6-5-13-10(14)7-8-3-1-2-4-9(8)12-13/h7H,1-6H2. The maximum absolute atomic E-state index is 12.4. The Hall–Kier alpha value is -1.24. The molecule has 2 rings (SSSR count). The van der Waals surface area contributed by atoms with Crippen molar-refractivity contribution >= 4 is 10.2 Å². The largest absolute Gasteiger partial charge is 0.304 e. The summed E-state index contributed by atoms with van der Waals surface area (Å²) in [5, 5.41) is 4.09. The lowest BCUT2D eigenvalue weighted by Gasteiger charge is -2.15. The molecule has 0 bridgehead atoms. The van der Waals surface area contributed by atoms with E-state index in [9.17, 15) is 17.1 Å². The first kappa shape index (κ1) is 12.2. The summed E-state index contributed by atoms with van der Waals surface area (Å²) < 4.78 is 34.2. The van der Waals surface area contributed by atoms with Gasteiger partial charge in [-0.15, -0.1) is 3.89 Å². The van der Waals surface area contributed by atoms with E-state index in [1.165, 1.54) is 6.07 Å². The highest BCUT2D eigenvalue weighted by Crippen LogP contribution is 2.16. The number of rotatable bonds is 3. The topological polar surface area (TPSA) is 69.0 Å². The third-order valence-corrected chi connectivity index (χ3v) is 3.49. The molecule has 1 aliphatic rings. The van der Waals surface area contributed by atoms with E-state index in [1.807, 2.05) is 0 Å². The molecule has 0 atom stereocenters. The fourth-order valence-electron chi connectivity index (χ4n) is 1.96. The summed E-state index contributed by atoms with van der Waals surface area (Å²) >= 11 is 0. The van der Waals surface area contributed by atoms with Crippen LogP contribution in [0.25, 0.3) is 0 Å². The van der Waals surface area contributed by atoms with Crippen molar-refractivity contribution < 1.29 is 12.3 Å². The monoisotopic (exact) mass is 260 g/mol. The summed E-state index contributed by atoms with van der Waals surface area (Å²) in [4.78, 5) is 11.6. The number of halogens is 1. The van der Waals surface area contributed by atoms with E-state index in [4.69, 9.17) is 0 Å². The first-order chi connectivity index (χ1) is 7.96. The van der Waals surface area contributed by atoms with Crippen molar-refractivity contribution in [1.82, 2.24) is 9.78 Å². The molecule has 1 heterocycles. The van der Waals surface area contributed by atoms with Crippen LogP contribution in [0.1, 0.15) is 24.1 Å². The molecule has 94 valence electrons. The highest BCUT2D eigenvalue weighted by molar-refractivity contribution is 7.86. The minimum atomic E-state index is -4.56. The molecule has 5 nitrogen and oxygen atoms in total. The van der Waals surface area contributed by atoms with E-state index in [2.05, 4.69) is 5.10 Å². The van der Waals surface area contributed by atoms with Gasteiger partial charge >= 0.3 is 10.2 Å². The predicted octanol–water partition coefficient (Wildman–Crippen LogP) is 0.421. The van der Waals surface area contributed by atoms with E-state index in [-0.39, 0.29) is 12.1 Å². The summed E-state index contributed by atoms with van der Waals surface area (Å²) in [6.07, 6.45) is 3.68. The zero-order chi connectivity index (χ0) is 12.5. The number of aromatic nitrogens is 2. The molecule has 0 aliphatic heterocycles. The van der Waals surface area contributed by atoms with Gasteiger partial charge in [-0.3, -0.25) is 4.79 Å². The first-order valence-electron chi connectivity index (χ1n) is 5.48. The molecule has 7 heteroatoms. The average Bonchev–Trinajstić information content (AvgIpc) is 2.25. The van der Waals surface area contributed by atoms with E-state index in [0.29, 0.717) is 0 Å². The molecule has 1 aromatic rings. The van der Waals surface area contributed by atoms with Gasteiger partial charge in [-0.05, 0) is 31.2 Å². The van der Waals surface area contributed by atoms with E-state index < -0.39 is 16.0 Å². The van der Waals surface area contributed by atoms with Gasteiger partial charge < -0.3 is 0 Å². The summed E-state index contributed by atoms with van der Waals surface area (Å²) in [7, 11) is -4.56. The second-order valence-electron chi connectivity index (χ2n) is 4.13. The highest BCUT2D eigenvalue weighted by atomic mass is 32.3. The second-order valence-corrected chi connectivity index (χ2v) is 5.61. The minimum absolute atomic E-state index is 0.231. The number of hydrogen-bond donors (Lipinski definition) is 0. The minimum Gasteiger partial charge on any atom is -0.268 e. The predicted molar refractivity (Wildman–Crippen MR) is 60.0 cm³/mol. The Labute approximate surface area is 98.5 Å². The summed E-state index contributed by atoms with van der Waals surface area (Å²) in [6.45, 7) is -0.231. The van der Waals surface area contributed by atoms with E-state index in [0.717, 1.165) is 41.6 Å². The first-order valence-corrected chi connectivity index (χ1v) is 7.03. The normalized spacial score (nSPS) is 15.6. The molecule has 0 aromatic carbocycles. The molecule has 0 radical (unpaired) electrons. The van der Waals surface area contributed by atoms with Gasteiger partial charge in [0.05, 0.1) is 18.0 Å². The van der Waals surface area contributed by atoms with Crippen molar-refractivity contribution in [2.75, 3.05) is 5.75 Å². The lowest BCUT2D eigenvalue weighted by Crippen LogP contribution is -2.28. The highest BCUT2D eigenvalue weighted by Gasteiger charge is 2.14. The zero-order valence-corrected chi connectivity index (χ0v) is 10.0. The molecule has 0 amide bonds. The average molecular weight is 260 g/mol. The Kier molecular flexibility index (Phi) is 3.28. The van der Waals surface area contributed by atoms with E-state index >= 15 is 0 Å². The van der Waals surface area contributed by atoms with Crippen LogP contribution in [0.5, 0.6) is 0 Å². The van der Waals surface area contributed by atoms with Crippen molar-refractivity contribution in [3.05, 3.63) is 27.7 Å². The molecule has 0 saturated carbocycles. The van der Waals surface area contributed by atoms with Crippen LogP contribution in [0.3, 0.4) is 0 Å². The summed E-state index contributed by atoms with van der Waals surface area (Å²) in [5.74, 6) is -0.710. The van der Waals surface area contributed by atoms with Crippen molar-refractivity contribution in [3.8, 4) is 0 Å². The molecule has 0 saturated heterocycles. The van der Waals surface area contributed by atoms with Crippen LogP contribution >= 0.6 is 0 Å². The third-order valence-electron chi connectivity index (χ3n) is 2.82. The molecule has 0 unspecified atom stereocenters. The van der Waals surface area contributed by atoms with Gasteiger partial charge in [0.15, 0.2) is 0 Å². The van der Waals surface area contributed by atoms with Gasteiger partial charge in [-0.2, -0.15) is 13.5 Å². The lowest BCUT2D eigenvalue weighted by molar-refractivity contribution is 0.525. The number of hydrogen-bond acceptors (Lipinski definition) is 4. The maximum atomic E-state index is 12.4. The smallest absolute Gasteiger partial charge is 0.268 e. The van der Waals surface area contributed by atoms with Crippen molar-refractivity contribution in [2.45, 2.75) is 32.2 Å². The second kappa shape index (κ2) is 4.56. The van der Waals surface area contributed by atoms with Gasteiger partial charge in [-0.1, -0.05) is 0 Å². The zero-order valence-electron chi connectivity index (χ0n) is 9.23. The molecule has 0 fully saturated rings. The molecule has 0 spiro atoms. The molecule has 17 heavy (non-hydrogen) atoms. The van der Waals surface area contributed by atoms with Gasteiger partial charge in [0.25, 0.3) is 5.56 Å². The summed E-state index contributed by atoms with van der Waals surface area (Å²) in [5.41, 5.74) is 1.39. The number of fused-ring (bicyclic) bond motifs is 1. The van der Waals surface area contributed by atoms with E-state index in [1.54, 1.807) is 0 Å². The van der Waals surface area contributed by atoms with Crippen LogP contribution in [0.2, 0.25) is 0 Å². The van der Waals surface area contributed by atoms with Crippen LogP contribution < -0.4 is 5.56 Å². The van der Waals surface area contributed by atoms with Crippen LogP contribution in [0.15, 0.2) is 10.9 Å². The Balaban J connectivity index is 2.26. The van der Waals surface area contributed by atoms with Crippen LogP contribution in [0.4, 0.5) is 3.89 Å².